The second kappa shape index (κ2) is 6.37. The Morgan fingerprint density at radius 2 is 2.12 bits per heavy atom. The van der Waals surface area contributed by atoms with Crippen LogP contribution in [-0.2, 0) is 4.79 Å². The molecule has 1 amide bonds. The van der Waals surface area contributed by atoms with Gasteiger partial charge < -0.3 is 15.5 Å². The number of rotatable bonds is 3. The Morgan fingerprint density at radius 1 is 1.33 bits per heavy atom. The summed E-state index contributed by atoms with van der Waals surface area (Å²) in [6, 6.07) is 5.65. The molecule has 1 aromatic heterocycles. The van der Waals surface area contributed by atoms with Crippen LogP contribution in [-0.4, -0.2) is 16.4 Å². The van der Waals surface area contributed by atoms with E-state index in [4.69, 9.17) is 10.2 Å². The molecule has 1 heterocycles. The van der Waals surface area contributed by atoms with E-state index in [1.54, 1.807) is 0 Å². The number of anilines is 1. The molecule has 0 saturated heterocycles. The fraction of sp³-hybridized carbons (Fsp3) is 0.556. The summed E-state index contributed by atoms with van der Waals surface area (Å²) < 4.78 is 5.81. The second-order valence-corrected chi connectivity index (χ2v) is 7.30. The van der Waals surface area contributed by atoms with Gasteiger partial charge in [-0.15, -0.1) is 12.4 Å². The zero-order valence-electron chi connectivity index (χ0n) is 13.9. The highest BCUT2D eigenvalue weighted by atomic mass is 35.5. The number of hydrogen-bond donors (Lipinski definition) is 2. The number of fused-ring (bicyclic) bond motifs is 1. The summed E-state index contributed by atoms with van der Waals surface area (Å²) in [4.78, 5) is 17.1. The van der Waals surface area contributed by atoms with Crippen LogP contribution in [0.1, 0.15) is 57.3 Å². The Bertz CT molecular complexity index is 752. The third-order valence-electron chi connectivity index (χ3n) is 5.17. The van der Waals surface area contributed by atoms with Gasteiger partial charge in [-0.2, -0.15) is 0 Å². The summed E-state index contributed by atoms with van der Waals surface area (Å²) in [7, 11) is 0. The summed E-state index contributed by atoms with van der Waals surface area (Å²) in [5.41, 5.74) is 8.25. The van der Waals surface area contributed by atoms with Crippen molar-refractivity contribution in [2.24, 2.45) is 11.7 Å². The quantitative estimate of drug-likeness (QED) is 0.878. The first-order chi connectivity index (χ1) is 11.0. The molecule has 2 aliphatic carbocycles. The molecule has 5 nitrogen and oxygen atoms in total. The van der Waals surface area contributed by atoms with Crippen molar-refractivity contribution in [2.45, 2.75) is 56.9 Å². The fourth-order valence-electron chi connectivity index (χ4n) is 3.54. The lowest BCUT2D eigenvalue weighted by molar-refractivity contribution is -0.122. The van der Waals surface area contributed by atoms with Crippen LogP contribution in [0.2, 0.25) is 0 Å². The number of aromatic nitrogens is 1. The number of carbonyl (C=O) groups is 1. The van der Waals surface area contributed by atoms with E-state index in [1.807, 2.05) is 25.1 Å². The molecule has 6 heteroatoms. The van der Waals surface area contributed by atoms with Crippen LogP contribution >= 0.6 is 12.4 Å². The lowest BCUT2D eigenvalue weighted by Crippen LogP contribution is -2.51. The summed E-state index contributed by atoms with van der Waals surface area (Å²) in [6.45, 7) is 1.98. The molecule has 4 rings (SSSR count). The Kier molecular flexibility index (Phi) is 4.58. The van der Waals surface area contributed by atoms with Gasteiger partial charge in [0.2, 0.25) is 5.91 Å². The lowest BCUT2D eigenvalue weighted by Gasteiger charge is -2.37. The van der Waals surface area contributed by atoms with Gasteiger partial charge in [0, 0.05) is 23.2 Å². The zero-order valence-corrected chi connectivity index (χ0v) is 14.7. The first kappa shape index (κ1) is 17.2. The van der Waals surface area contributed by atoms with Gasteiger partial charge in [0.1, 0.15) is 5.52 Å². The van der Waals surface area contributed by atoms with Gasteiger partial charge in [0.05, 0.1) is 5.92 Å². The predicted octanol–water partition coefficient (Wildman–Crippen LogP) is 3.97. The van der Waals surface area contributed by atoms with Crippen LogP contribution in [0.25, 0.3) is 11.1 Å². The van der Waals surface area contributed by atoms with Crippen LogP contribution in [0, 0.1) is 5.92 Å². The molecule has 2 atom stereocenters. The van der Waals surface area contributed by atoms with Gasteiger partial charge in [0.25, 0.3) is 0 Å². The van der Waals surface area contributed by atoms with Gasteiger partial charge in [0.15, 0.2) is 11.5 Å². The normalized spacial score (nSPS) is 26.8. The largest absolute Gasteiger partial charge is 0.440 e. The first-order valence-corrected chi connectivity index (χ1v) is 8.53. The molecular formula is C18H24ClN3O2. The maximum atomic E-state index is 12.6. The standard InChI is InChI=1S/C18H23N3O2.ClH/c1-18(19)9-3-2-4-13(18)16(22)20-12-7-8-14-15(10-12)23-17(21-14)11-5-6-11;/h7-8,10-11,13H,2-6,9,19H2,1H3,(H,20,22);1H. The Hall–Kier alpha value is -1.59. The number of hydrogen-bond acceptors (Lipinski definition) is 4. The van der Waals surface area contributed by atoms with E-state index in [1.165, 1.54) is 0 Å². The van der Waals surface area contributed by atoms with Gasteiger partial charge in [-0.1, -0.05) is 12.8 Å². The minimum atomic E-state index is -0.419. The number of nitrogens with one attached hydrogen (secondary N) is 1. The summed E-state index contributed by atoms with van der Waals surface area (Å²) in [6.07, 6.45) is 6.24. The summed E-state index contributed by atoms with van der Waals surface area (Å²) >= 11 is 0. The average Bonchev–Trinajstić information content (AvgIpc) is 3.26. The third-order valence-corrected chi connectivity index (χ3v) is 5.17. The minimum Gasteiger partial charge on any atom is -0.440 e. The smallest absolute Gasteiger partial charge is 0.229 e. The van der Waals surface area contributed by atoms with Gasteiger partial charge in [-0.3, -0.25) is 4.79 Å². The van der Waals surface area contributed by atoms with Crippen molar-refractivity contribution < 1.29 is 9.21 Å². The van der Waals surface area contributed by atoms with Gasteiger partial charge in [-0.05, 0) is 44.7 Å². The van der Waals surface area contributed by atoms with E-state index in [0.717, 1.165) is 61.2 Å². The van der Waals surface area contributed by atoms with Crippen molar-refractivity contribution in [1.29, 1.82) is 0 Å². The Balaban J connectivity index is 0.00000169. The van der Waals surface area contributed by atoms with Crippen LogP contribution in [0.4, 0.5) is 5.69 Å². The fourth-order valence-corrected chi connectivity index (χ4v) is 3.54. The molecule has 0 bridgehead atoms. The highest BCUT2D eigenvalue weighted by molar-refractivity contribution is 5.95. The zero-order chi connectivity index (χ0) is 16.0. The number of benzene rings is 1. The average molecular weight is 350 g/mol. The molecule has 2 aliphatic rings. The minimum absolute atomic E-state index is 0. The monoisotopic (exact) mass is 349 g/mol. The van der Waals surface area contributed by atoms with Crippen molar-refractivity contribution in [3.05, 3.63) is 24.1 Å². The molecule has 1 aromatic carbocycles. The van der Waals surface area contributed by atoms with E-state index in [0.29, 0.717) is 5.92 Å². The molecule has 0 spiro atoms. The number of oxazole rings is 1. The van der Waals surface area contributed by atoms with E-state index in [-0.39, 0.29) is 24.2 Å². The number of nitrogens with zero attached hydrogens (tertiary/aromatic N) is 1. The molecule has 0 aliphatic heterocycles. The molecule has 2 saturated carbocycles. The molecule has 2 unspecified atom stereocenters. The third kappa shape index (κ3) is 3.28. The maximum Gasteiger partial charge on any atom is 0.229 e. The van der Waals surface area contributed by atoms with Crippen LogP contribution in [0.5, 0.6) is 0 Å². The summed E-state index contributed by atoms with van der Waals surface area (Å²) in [5.74, 6) is 1.19. The van der Waals surface area contributed by atoms with Crippen LogP contribution in [0.15, 0.2) is 22.6 Å². The number of nitrogens with two attached hydrogens (primary N) is 1. The van der Waals surface area contributed by atoms with E-state index >= 15 is 0 Å². The number of carbonyl (C=O) groups excluding carboxylic acids is 1. The van der Waals surface area contributed by atoms with Gasteiger partial charge >= 0.3 is 0 Å². The summed E-state index contributed by atoms with van der Waals surface area (Å²) in [5, 5.41) is 3.01. The van der Waals surface area contributed by atoms with Crippen LogP contribution in [0.3, 0.4) is 0 Å². The Labute approximate surface area is 147 Å². The van der Waals surface area contributed by atoms with Crippen LogP contribution < -0.4 is 11.1 Å². The van der Waals surface area contributed by atoms with Crippen molar-refractivity contribution in [2.75, 3.05) is 5.32 Å². The second-order valence-electron chi connectivity index (χ2n) is 7.30. The molecule has 2 fully saturated rings. The number of amides is 1. The topological polar surface area (TPSA) is 81.2 Å². The SMILES string of the molecule is CC1(N)CCCCC1C(=O)Nc1ccc2nc(C3CC3)oc2c1.Cl. The molecule has 3 N–H and O–H groups in total. The number of halogens is 1. The van der Waals surface area contributed by atoms with E-state index in [9.17, 15) is 4.79 Å². The molecule has 2 aromatic rings. The van der Waals surface area contributed by atoms with Crippen molar-refractivity contribution >= 4 is 35.1 Å². The highest BCUT2D eigenvalue weighted by Gasteiger charge is 2.37. The molecule has 24 heavy (non-hydrogen) atoms. The Morgan fingerprint density at radius 3 is 2.83 bits per heavy atom. The predicted molar refractivity (Wildman–Crippen MR) is 96.4 cm³/mol. The maximum absolute atomic E-state index is 12.6. The molecule has 130 valence electrons. The van der Waals surface area contributed by atoms with Crippen molar-refractivity contribution in [3.8, 4) is 0 Å². The lowest BCUT2D eigenvalue weighted by atomic mass is 9.74. The van der Waals surface area contributed by atoms with Crippen molar-refractivity contribution in [3.63, 3.8) is 0 Å². The molecular weight excluding hydrogens is 326 g/mol. The van der Waals surface area contributed by atoms with E-state index < -0.39 is 5.54 Å². The van der Waals surface area contributed by atoms with Gasteiger partial charge in [-0.25, -0.2) is 4.98 Å². The molecule has 0 radical (unpaired) electrons. The van der Waals surface area contributed by atoms with Crippen molar-refractivity contribution in [1.82, 2.24) is 4.98 Å². The first-order valence-electron chi connectivity index (χ1n) is 8.53. The van der Waals surface area contributed by atoms with E-state index in [2.05, 4.69) is 10.3 Å². The highest BCUT2D eigenvalue weighted by Crippen LogP contribution is 2.40.